The van der Waals surface area contributed by atoms with Gasteiger partial charge in [0.25, 0.3) is 0 Å². The van der Waals surface area contributed by atoms with Gasteiger partial charge in [0.1, 0.15) is 0 Å². The van der Waals surface area contributed by atoms with Gasteiger partial charge in [0, 0.05) is 12.1 Å². The van der Waals surface area contributed by atoms with Crippen LogP contribution in [0, 0.1) is 11.8 Å². The van der Waals surface area contributed by atoms with Crippen LogP contribution in [0.2, 0.25) is 0 Å². The smallest absolute Gasteiger partial charge is 0.309 e. The molecule has 2 amide bonds. The lowest BCUT2D eigenvalue weighted by molar-refractivity contribution is -0.140. The van der Waals surface area contributed by atoms with E-state index in [0.29, 0.717) is 11.8 Å². The molecule has 0 radical (unpaired) electrons. The van der Waals surface area contributed by atoms with Crippen molar-refractivity contribution in [2.75, 3.05) is 0 Å². The molecule has 0 saturated heterocycles. The van der Waals surface area contributed by atoms with E-state index in [9.17, 15) is 9.59 Å². The first-order valence-electron chi connectivity index (χ1n) is 8.19. The monoisotopic (exact) mass is 280 g/mol. The SMILES string of the molecule is C[C@@H]1CCCC[C@@H]1NC(=O)C(=O)N[C@@H]1CCCC[C@H]1C. The minimum absolute atomic E-state index is 0.172. The quantitative estimate of drug-likeness (QED) is 0.763. The lowest BCUT2D eigenvalue weighted by atomic mass is 9.85. The number of nitrogens with one attached hydrogen (secondary N) is 2. The van der Waals surface area contributed by atoms with Gasteiger partial charge >= 0.3 is 11.8 Å². The Hall–Kier alpha value is -1.06. The average Bonchev–Trinajstić information content (AvgIpc) is 2.43. The molecule has 2 saturated carbocycles. The summed E-state index contributed by atoms with van der Waals surface area (Å²) in [4.78, 5) is 24.0. The molecule has 2 fully saturated rings. The van der Waals surface area contributed by atoms with Gasteiger partial charge in [-0.15, -0.1) is 0 Å². The Bertz CT molecular complexity index is 322. The van der Waals surface area contributed by atoms with Gasteiger partial charge in [0.15, 0.2) is 0 Å². The third-order valence-corrected chi connectivity index (χ3v) is 5.06. The van der Waals surface area contributed by atoms with Crippen LogP contribution in [0.25, 0.3) is 0 Å². The van der Waals surface area contributed by atoms with Gasteiger partial charge in [-0.3, -0.25) is 9.59 Å². The molecular weight excluding hydrogens is 252 g/mol. The lowest BCUT2D eigenvalue weighted by Gasteiger charge is -2.31. The van der Waals surface area contributed by atoms with Gasteiger partial charge in [-0.05, 0) is 37.5 Å². The number of hydrogen-bond acceptors (Lipinski definition) is 2. The number of rotatable bonds is 2. The average molecular weight is 280 g/mol. The van der Waals surface area contributed by atoms with Crippen LogP contribution in [0.15, 0.2) is 0 Å². The van der Waals surface area contributed by atoms with Crippen molar-refractivity contribution in [1.82, 2.24) is 10.6 Å². The van der Waals surface area contributed by atoms with Crippen molar-refractivity contribution in [2.24, 2.45) is 11.8 Å². The summed E-state index contributed by atoms with van der Waals surface area (Å²) >= 11 is 0. The van der Waals surface area contributed by atoms with Crippen LogP contribution in [0.5, 0.6) is 0 Å². The minimum atomic E-state index is -0.443. The first kappa shape index (κ1) is 15.3. The molecule has 0 aromatic carbocycles. The summed E-state index contributed by atoms with van der Waals surface area (Å²) in [7, 11) is 0. The van der Waals surface area contributed by atoms with Gasteiger partial charge in [0.2, 0.25) is 0 Å². The van der Waals surface area contributed by atoms with Crippen molar-refractivity contribution in [3.63, 3.8) is 0 Å². The van der Waals surface area contributed by atoms with Crippen LogP contribution < -0.4 is 10.6 Å². The van der Waals surface area contributed by atoms with Crippen LogP contribution in [0.3, 0.4) is 0 Å². The molecular formula is C16H28N2O2. The Balaban J connectivity index is 1.80. The van der Waals surface area contributed by atoms with Crippen molar-refractivity contribution in [1.29, 1.82) is 0 Å². The normalized spacial score (nSPS) is 34.3. The fourth-order valence-electron chi connectivity index (χ4n) is 3.53. The minimum Gasteiger partial charge on any atom is -0.345 e. The number of amides is 2. The van der Waals surface area contributed by atoms with Crippen LogP contribution >= 0.6 is 0 Å². The molecule has 0 spiro atoms. The number of carbonyl (C=O) groups excluding carboxylic acids is 2. The first-order valence-corrected chi connectivity index (χ1v) is 8.19. The summed E-state index contributed by atoms with van der Waals surface area (Å²) in [5, 5.41) is 5.84. The highest BCUT2D eigenvalue weighted by Gasteiger charge is 2.28. The Labute approximate surface area is 122 Å². The molecule has 0 unspecified atom stereocenters. The molecule has 0 aromatic rings. The maximum atomic E-state index is 12.0. The van der Waals surface area contributed by atoms with E-state index in [1.807, 2.05) is 0 Å². The predicted octanol–water partition coefficient (Wildman–Crippen LogP) is 2.38. The van der Waals surface area contributed by atoms with Crippen molar-refractivity contribution < 1.29 is 9.59 Å². The summed E-state index contributed by atoms with van der Waals surface area (Å²) < 4.78 is 0. The summed E-state index contributed by atoms with van der Waals surface area (Å²) in [6.45, 7) is 4.32. The fourth-order valence-corrected chi connectivity index (χ4v) is 3.53. The van der Waals surface area contributed by atoms with Gasteiger partial charge in [-0.2, -0.15) is 0 Å². The van der Waals surface area contributed by atoms with E-state index in [4.69, 9.17) is 0 Å². The second-order valence-corrected chi connectivity index (χ2v) is 6.68. The summed E-state index contributed by atoms with van der Waals surface area (Å²) in [5.74, 6) is 0.0752. The second kappa shape index (κ2) is 7.09. The molecule has 20 heavy (non-hydrogen) atoms. The zero-order valence-electron chi connectivity index (χ0n) is 12.8. The van der Waals surface area contributed by atoms with E-state index in [0.717, 1.165) is 38.5 Å². The number of hydrogen-bond donors (Lipinski definition) is 2. The van der Waals surface area contributed by atoms with Gasteiger partial charge in [0.05, 0.1) is 0 Å². The summed E-state index contributed by atoms with van der Waals surface area (Å²) in [6, 6.07) is 0.344. The highest BCUT2D eigenvalue weighted by atomic mass is 16.2. The Kier molecular flexibility index (Phi) is 5.44. The molecule has 114 valence electrons. The van der Waals surface area contributed by atoms with Crippen molar-refractivity contribution in [3.8, 4) is 0 Å². The van der Waals surface area contributed by atoms with E-state index in [2.05, 4.69) is 24.5 Å². The Morgan fingerprint density at radius 3 is 1.40 bits per heavy atom. The topological polar surface area (TPSA) is 58.2 Å². The first-order chi connectivity index (χ1) is 9.58. The maximum Gasteiger partial charge on any atom is 0.309 e. The maximum absolute atomic E-state index is 12.0. The third-order valence-electron chi connectivity index (χ3n) is 5.06. The molecule has 2 aliphatic rings. The second-order valence-electron chi connectivity index (χ2n) is 6.68. The van der Waals surface area contributed by atoms with E-state index >= 15 is 0 Å². The fraction of sp³-hybridized carbons (Fsp3) is 0.875. The van der Waals surface area contributed by atoms with E-state index < -0.39 is 11.8 Å². The van der Waals surface area contributed by atoms with Crippen LogP contribution in [-0.2, 0) is 9.59 Å². The molecule has 2 rings (SSSR count). The zero-order valence-corrected chi connectivity index (χ0v) is 12.8. The summed E-state index contributed by atoms with van der Waals surface area (Å²) in [6.07, 6.45) is 9.06. The predicted molar refractivity (Wildman–Crippen MR) is 79.1 cm³/mol. The van der Waals surface area contributed by atoms with Crippen molar-refractivity contribution >= 4 is 11.8 Å². The highest BCUT2D eigenvalue weighted by Crippen LogP contribution is 2.24. The zero-order chi connectivity index (χ0) is 14.5. The van der Waals surface area contributed by atoms with Gasteiger partial charge in [-0.1, -0.05) is 39.5 Å². The largest absolute Gasteiger partial charge is 0.345 e. The molecule has 0 aliphatic heterocycles. The van der Waals surface area contributed by atoms with E-state index in [1.54, 1.807) is 0 Å². The molecule has 2 aliphatic carbocycles. The molecule has 0 bridgehead atoms. The Morgan fingerprint density at radius 1 is 0.700 bits per heavy atom. The summed E-state index contributed by atoms with van der Waals surface area (Å²) in [5.41, 5.74) is 0. The third kappa shape index (κ3) is 3.97. The van der Waals surface area contributed by atoms with Crippen molar-refractivity contribution in [3.05, 3.63) is 0 Å². The van der Waals surface area contributed by atoms with Crippen LogP contribution in [-0.4, -0.2) is 23.9 Å². The standard InChI is InChI=1S/C16H28N2O2/c1-11-7-3-5-9-13(11)17-15(19)16(20)18-14-10-6-4-8-12(14)2/h11-14H,3-10H2,1-2H3,(H,17,19)(H,18,20)/t11-,12-,13-,14+/m1/s1. The molecule has 4 heteroatoms. The molecule has 2 N–H and O–H groups in total. The van der Waals surface area contributed by atoms with Crippen LogP contribution in [0.1, 0.15) is 65.2 Å². The van der Waals surface area contributed by atoms with E-state index in [1.165, 1.54) is 12.8 Å². The molecule has 0 aromatic heterocycles. The van der Waals surface area contributed by atoms with Gasteiger partial charge < -0.3 is 10.6 Å². The molecule has 4 atom stereocenters. The lowest BCUT2D eigenvalue weighted by Crippen LogP contribution is -2.51. The number of carbonyl (C=O) groups is 2. The Morgan fingerprint density at radius 2 is 1.05 bits per heavy atom. The molecule has 4 nitrogen and oxygen atoms in total. The van der Waals surface area contributed by atoms with Crippen LogP contribution in [0.4, 0.5) is 0 Å². The van der Waals surface area contributed by atoms with Gasteiger partial charge in [-0.25, -0.2) is 0 Å². The molecule has 0 heterocycles. The van der Waals surface area contributed by atoms with Crippen molar-refractivity contribution in [2.45, 2.75) is 77.3 Å². The highest BCUT2D eigenvalue weighted by molar-refractivity contribution is 6.35. The van der Waals surface area contributed by atoms with E-state index in [-0.39, 0.29) is 12.1 Å².